The van der Waals surface area contributed by atoms with Gasteiger partial charge in [0.25, 0.3) is 0 Å². The van der Waals surface area contributed by atoms with Gasteiger partial charge in [0.1, 0.15) is 5.78 Å². The van der Waals surface area contributed by atoms with Crippen LogP contribution in [0.3, 0.4) is 0 Å². The molecule has 1 unspecified atom stereocenters. The fourth-order valence-corrected chi connectivity index (χ4v) is 1.20. The highest BCUT2D eigenvalue weighted by atomic mass is 16.5. The molecular weight excluding hydrogens is 140 g/mol. The summed E-state index contributed by atoms with van der Waals surface area (Å²) in [5, 5.41) is 0. The molecule has 1 fully saturated rings. The Kier molecular flexibility index (Phi) is 3.13. The monoisotopic (exact) mass is 152 g/mol. The summed E-state index contributed by atoms with van der Waals surface area (Å²) in [6, 6.07) is 0. The molecule has 2 nitrogen and oxygen atoms in total. The van der Waals surface area contributed by atoms with Gasteiger partial charge in [-0.2, -0.15) is 0 Å². The Morgan fingerprint density at radius 1 is 1.73 bits per heavy atom. The summed E-state index contributed by atoms with van der Waals surface area (Å²) in [7, 11) is 0. The number of terminal acetylenes is 1. The van der Waals surface area contributed by atoms with Gasteiger partial charge in [-0.25, -0.2) is 0 Å². The van der Waals surface area contributed by atoms with Crippen LogP contribution < -0.4 is 0 Å². The fraction of sp³-hybridized carbons (Fsp3) is 0.667. The summed E-state index contributed by atoms with van der Waals surface area (Å²) < 4.78 is 5.16. The van der Waals surface area contributed by atoms with Crippen molar-refractivity contribution >= 4 is 5.78 Å². The second-order valence-corrected chi connectivity index (χ2v) is 2.73. The molecule has 1 atom stereocenters. The van der Waals surface area contributed by atoms with Crippen LogP contribution in [-0.4, -0.2) is 19.0 Å². The molecule has 0 spiro atoms. The number of carbonyl (C=O) groups is 1. The van der Waals surface area contributed by atoms with Gasteiger partial charge in [0.05, 0.1) is 13.2 Å². The zero-order valence-corrected chi connectivity index (χ0v) is 6.51. The van der Waals surface area contributed by atoms with Crippen molar-refractivity contribution in [1.82, 2.24) is 0 Å². The Labute approximate surface area is 66.9 Å². The van der Waals surface area contributed by atoms with E-state index in [4.69, 9.17) is 11.2 Å². The van der Waals surface area contributed by atoms with E-state index in [9.17, 15) is 4.79 Å². The number of ketones is 1. The van der Waals surface area contributed by atoms with Crippen LogP contribution in [0.2, 0.25) is 0 Å². The van der Waals surface area contributed by atoms with Gasteiger partial charge in [-0.05, 0) is 6.42 Å². The minimum Gasteiger partial charge on any atom is -0.380 e. The van der Waals surface area contributed by atoms with E-state index < -0.39 is 0 Å². The van der Waals surface area contributed by atoms with Crippen molar-refractivity contribution in [2.45, 2.75) is 19.3 Å². The molecule has 0 bridgehead atoms. The van der Waals surface area contributed by atoms with Gasteiger partial charge < -0.3 is 4.74 Å². The molecule has 0 radical (unpaired) electrons. The predicted molar refractivity (Wildman–Crippen MR) is 42.0 cm³/mol. The molecule has 0 aromatic rings. The van der Waals surface area contributed by atoms with Gasteiger partial charge >= 0.3 is 0 Å². The average molecular weight is 152 g/mol. The summed E-state index contributed by atoms with van der Waals surface area (Å²) >= 11 is 0. The third kappa shape index (κ3) is 2.36. The summed E-state index contributed by atoms with van der Waals surface area (Å²) in [5.74, 6) is 2.91. The Morgan fingerprint density at radius 2 is 2.55 bits per heavy atom. The molecule has 11 heavy (non-hydrogen) atoms. The SMILES string of the molecule is C#CCCC1COCCC1=O. The molecule has 0 amide bonds. The first-order valence-electron chi connectivity index (χ1n) is 3.88. The number of carbonyl (C=O) groups excluding carboxylic acids is 1. The number of rotatable bonds is 2. The second-order valence-electron chi connectivity index (χ2n) is 2.73. The molecule has 60 valence electrons. The topological polar surface area (TPSA) is 26.3 Å². The minimum atomic E-state index is 0.0693. The maximum Gasteiger partial charge on any atom is 0.140 e. The molecule has 1 aliphatic heterocycles. The summed E-state index contributed by atoms with van der Waals surface area (Å²) in [6.45, 7) is 1.16. The highest BCUT2D eigenvalue weighted by molar-refractivity contribution is 5.81. The Morgan fingerprint density at radius 3 is 3.18 bits per heavy atom. The molecule has 1 aliphatic rings. The quantitative estimate of drug-likeness (QED) is 0.552. The van der Waals surface area contributed by atoms with Crippen molar-refractivity contribution in [2.75, 3.05) is 13.2 Å². The van der Waals surface area contributed by atoms with Gasteiger partial charge in [-0.15, -0.1) is 12.3 Å². The third-order valence-electron chi connectivity index (χ3n) is 1.90. The number of ether oxygens (including phenoxy) is 1. The van der Waals surface area contributed by atoms with E-state index in [-0.39, 0.29) is 5.92 Å². The van der Waals surface area contributed by atoms with E-state index in [1.54, 1.807) is 0 Å². The predicted octanol–water partition coefficient (Wildman–Crippen LogP) is 1.01. The lowest BCUT2D eigenvalue weighted by Gasteiger charge is -2.19. The van der Waals surface area contributed by atoms with Crippen LogP contribution in [-0.2, 0) is 9.53 Å². The molecule has 0 aromatic carbocycles. The lowest BCUT2D eigenvalue weighted by Crippen LogP contribution is -2.27. The maximum absolute atomic E-state index is 11.2. The lowest BCUT2D eigenvalue weighted by atomic mass is 9.96. The van der Waals surface area contributed by atoms with Crippen molar-refractivity contribution in [2.24, 2.45) is 5.92 Å². The van der Waals surface area contributed by atoms with Crippen LogP contribution in [0.4, 0.5) is 0 Å². The Hall–Kier alpha value is -0.810. The van der Waals surface area contributed by atoms with Gasteiger partial charge in [-0.1, -0.05) is 0 Å². The Balaban J connectivity index is 2.31. The van der Waals surface area contributed by atoms with Crippen molar-refractivity contribution in [3.63, 3.8) is 0 Å². The maximum atomic E-state index is 11.2. The number of Topliss-reactive ketones (excluding diaryl/α,β-unsaturated/α-hetero) is 1. The molecule has 0 saturated carbocycles. The van der Waals surface area contributed by atoms with Crippen LogP contribution in [0, 0.1) is 18.3 Å². The minimum absolute atomic E-state index is 0.0693. The molecule has 0 N–H and O–H groups in total. The highest BCUT2D eigenvalue weighted by Gasteiger charge is 2.21. The van der Waals surface area contributed by atoms with Gasteiger partial charge in [0.15, 0.2) is 0 Å². The van der Waals surface area contributed by atoms with Gasteiger partial charge in [0.2, 0.25) is 0 Å². The van der Waals surface area contributed by atoms with Crippen LogP contribution in [0.25, 0.3) is 0 Å². The van der Waals surface area contributed by atoms with Crippen LogP contribution in [0.15, 0.2) is 0 Å². The molecular formula is C9H12O2. The third-order valence-corrected chi connectivity index (χ3v) is 1.90. The molecule has 1 heterocycles. The fourth-order valence-electron chi connectivity index (χ4n) is 1.20. The van der Waals surface area contributed by atoms with E-state index in [2.05, 4.69) is 5.92 Å². The van der Waals surface area contributed by atoms with Crippen LogP contribution >= 0.6 is 0 Å². The zero-order valence-electron chi connectivity index (χ0n) is 6.51. The highest BCUT2D eigenvalue weighted by Crippen LogP contribution is 2.14. The van der Waals surface area contributed by atoms with Crippen molar-refractivity contribution in [3.8, 4) is 12.3 Å². The van der Waals surface area contributed by atoms with E-state index in [1.165, 1.54) is 0 Å². The first kappa shape index (κ1) is 8.29. The second kappa shape index (κ2) is 4.15. The molecule has 1 saturated heterocycles. The van der Waals surface area contributed by atoms with E-state index in [0.29, 0.717) is 31.8 Å². The van der Waals surface area contributed by atoms with Crippen LogP contribution in [0.5, 0.6) is 0 Å². The summed E-state index contributed by atoms with van der Waals surface area (Å²) in [5.41, 5.74) is 0. The molecule has 0 aliphatic carbocycles. The largest absolute Gasteiger partial charge is 0.380 e. The van der Waals surface area contributed by atoms with E-state index in [0.717, 1.165) is 6.42 Å². The number of hydrogen-bond acceptors (Lipinski definition) is 2. The van der Waals surface area contributed by atoms with Crippen molar-refractivity contribution < 1.29 is 9.53 Å². The van der Waals surface area contributed by atoms with Crippen molar-refractivity contribution in [1.29, 1.82) is 0 Å². The molecule has 1 rings (SSSR count). The normalized spacial score (nSPS) is 24.6. The van der Waals surface area contributed by atoms with Gasteiger partial charge in [0, 0.05) is 18.8 Å². The smallest absolute Gasteiger partial charge is 0.140 e. The van der Waals surface area contributed by atoms with Crippen LogP contribution in [0.1, 0.15) is 19.3 Å². The Bertz CT molecular complexity index is 178. The summed E-state index contributed by atoms with van der Waals surface area (Å²) in [6.07, 6.45) is 7.12. The van der Waals surface area contributed by atoms with Crippen molar-refractivity contribution in [3.05, 3.63) is 0 Å². The standard InChI is InChI=1S/C9H12O2/c1-2-3-4-8-7-11-6-5-9(8)10/h1,8H,3-7H2. The number of hydrogen-bond donors (Lipinski definition) is 0. The zero-order chi connectivity index (χ0) is 8.10. The van der Waals surface area contributed by atoms with Gasteiger partial charge in [-0.3, -0.25) is 4.79 Å². The first-order chi connectivity index (χ1) is 5.34. The first-order valence-corrected chi connectivity index (χ1v) is 3.88. The lowest BCUT2D eigenvalue weighted by molar-refractivity contribution is -0.130. The molecule has 0 aromatic heterocycles. The average Bonchev–Trinajstić information content (AvgIpc) is 2.03. The summed E-state index contributed by atoms with van der Waals surface area (Å²) in [4.78, 5) is 11.2. The molecule has 2 heteroatoms. The van der Waals surface area contributed by atoms with E-state index >= 15 is 0 Å². The van der Waals surface area contributed by atoms with E-state index in [1.807, 2.05) is 0 Å².